The van der Waals surface area contributed by atoms with E-state index in [1.807, 2.05) is 6.92 Å². The summed E-state index contributed by atoms with van der Waals surface area (Å²) in [7, 11) is 1.50. The average Bonchev–Trinajstić information content (AvgIpc) is 2.95. The fraction of sp³-hybridized carbons (Fsp3) is 0.273. The van der Waals surface area contributed by atoms with Gasteiger partial charge in [0.05, 0.1) is 23.6 Å². The first-order valence-corrected chi connectivity index (χ1v) is 9.97. The molecule has 0 bridgehead atoms. The van der Waals surface area contributed by atoms with Gasteiger partial charge in [-0.3, -0.25) is 14.2 Å². The molecule has 0 aliphatic heterocycles. The quantitative estimate of drug-likeness (QED) is 0.523. The Morgan fingerprint density at radius 3 is 2.38 bits per heavy atom. The van der Waals surface area contributed by atoms with E-state index in [1.54, 1.807) is 43.3 Å². The third-order valence-corrected chi connectivity index (χ3v) is 5.59. The second kappa shape index (κ2) is 8.47. The van der Waals surface area contributed by atoms with Gasteiger partial charge in [-0.25, -0.2) is 0 Å². The first-order valence-electron chi connectivity index (χ1n) is 9.21. The van der Waals surface area contributed by atoms with Crippen LogP contribution in [0.4, 0.5) is 0 Å². The Morgan fingerprint density at radius 1 is 1.17 bits per heavy atom. The maximum Gasteiger partial charge on any atom is 0.311 e. The van der Waals surface area contributed by atoms with Gasteiger partial charge in [0.15, 0.2) is 0 Å². The molecule has 1 heterocycles. The van der Waals surface area contributed by atoms with Gasteiger partial charge in [-0.05, 0) is 55.3 Å². The summed E-state index contributed by atoms with van der Waals surface area (Å²) in [6, 6.07) is 9.92. The van der Waals surface area contributed by atoms with E-state index in [4.69, 9.17) is 27.9 Å². The zero-order valence-corrected chi connectivity index (χ0v) is 17.8. The minimum Gasteiger partial charge on any atom is -0.495 e. The molecular weight excluding hydrogens is 413 g/mol. The zero-order chi connectivity index (χ0) is 21.3. The maximum absolute atomic E-state index is 13.3. The number of aromatic nitrogens is 1. The van der Waals surface area contributed by atoms with Crippen LogP contribution in [0, 0.1) is 6.92 Å². The highest BCUT2D eigenvalue weighted by Crippen LogP contribution is 2.39. The second-order valence-corrected chi connectivity index (χ2v) is 7.67. The molecule has 5 nitrogen and oxygen atoms in total. The summed E-state index contributed by atoms with van der Waals surface area (Å²) in [5, 5.41) is 11.4. The molecule has 0 radical (unpaired) electrons. The molecule has 1 atom stereocenters. The van der Waals surface area contributed by atoms with Crippen molar-refractivity contribution in [2.75, 3.05) is 7.11 Å². The van der Waals surface area contributed by atoms with Gasteiger partial charge in [0, 0.05) is 21.7 Å². The van der Waals surface area contributed by atoms with E-state index in [1.165, 1.54) is 11.7 Å². The summed E-state index contributed by atoms with van der Waals surface area (Å²) in [6.07, 6.45) is 1.15. The highest BCUT2D eigenvalue weighted by molar-refractivity contribution is 6.33. The van der Waals surface area contributed by atoms with E-state index in [0.717, 1.165) is 0 Å². The van der Waals surface area contributed by atoms with Crippen molar-refractivity contribution in [3.8, 4) is 5.75 Å². The number of nitrogens with zero attached hydrogens (tertiary/aromatic N) is 1. The predicted molar refractivity (Wildman–Crippen MR) is 115 cm³/mol. The molecule has 1 N–H and O–H groups in total. The number of halogens is 2. The number of fused-ring (bicyclic) bond motifs is 1. The molecule has 0 aliphatic rings. The lowest BCUT2D eigenvalue weighted by Gasteiger charge is -2.13. The topological polar surface area (TPSA) is 68.5 Å². The van der Waals surface area contributed by atoms with Crippen molar-refractivity contribution < 1.29 is 19.4 Å². The smallest absolute Gasteiger partial charge is 0.311 e. The lowest BCUT2D eigenvalue weighted by Crippen LogP contribution is -2.16. The Kier molecular flexibility index (Phi) is 6.20. The number of carbonyl (C=O) groups excluding carboxylic acids is 1. The average molecular weight is 434 g/mol. The fourth-order valence-corrected chi connectivity index (χ4v) is 4.06. The van der Waals surface area contributed by atoms with Crippen molar-refractivity contribution in [3.05, 3.63) is 63.3 Å². The summed E-state index contributed by atoms with van der Waals surface area (Å²) in [5.41, 5.74) is 2.16. The summed E-state index contributed by atoms with van der Waals surface area (Å²) < 4.78 is 6.85. The first kappa shape index (κ1) is 21.2. The lowest BCUT2D eigenvalue weighted by atomic mass is 9.92. The normalized spacial score (nSPS) is 12.2. The van der Waals surface area contributed by atoms with Crippen LogP contribution in [-0.4, -0.2) is 28.7 Å². The molecule has 29 heavy (non-hydrogen) atoms. The zero-order valence-electron chi connectivity index (χ0n) is 16.3. The molecule has 0 saturated carbocycles. The van der Waals surface area contributed by atoms with Crippen LogP contribution in [-0.2, 0) is 4.79 Å². The molecule has 3 rings (SSSR count). The van der Waals surface area contributed by atoms with Crippen LogP contribution >= 0.6 is 23.2 Å². The summed E-state index contributed by atoms with van der Waals surface area (Å²) in [4.78, 5) is 25.3. The second-order valence-electron chi connectivity index (χ2n) is 6.83. The van der Waals surface area contributed by atoms with Gasteiger partial charge in [-0.15, -0.1) is 0 Å². The standard InChI is InChI=1S/C22H21Cl2NO4/c1-4-5-15(22(27)28)20-12(2)25(21(26)13-6-8-14(23)9-7-13)18-11-17(24)19(29-3)10-16(18)20/h6-11,15H,4-5H2,1-3H3,(H,27,28). The predicted octanol–water partition coefficient (Wildman–Crippen LogP) is 5.92. The van der Waals surface area contributed by atoms with E-state index in [9.17, 15) is 14.7 Å². The SMILES string of the molecule is CCCC(C(=O)O)c1c(C)n(C(=O)c2ccc(Cl)cc2)c2cc(Cl)c(OC)cc12. The number of ether oxygens (including phenoxy) is 1. The molecule has 0 aliphatic carbocycles. The number of benzene rings is 2. The van der Waals surface area contributed by atoms with Crippen molar-refractivity contribution in [1.29, 1.82) is 0 Å². The van der Waals surface area contributed by atoms with Gasteiger partial charge in [0.2, 0.25) is 0 Å². The number of hydrogen-bond acceptors (Lipinski definition) is 3. The molecule has 0 saturated heterocycles. The molecule has 0 fully saturated rings. The van der Waals surface area contributed by atoms with Crippen LogP contribution in [0.1, 0.15) is 47.3 Å². The van der Waals surface area contributed by atoms with E-state index < -0.39 is 11.9 Å². The van der Waals surface area contributed by atoms with Crippen molar-refractivity contribution in [2.24, 2.45) is 0 Å². The minimum absolute atomic E-state index is 0.280. The van der Waals surface area contributed by atoms with Gasteiger partial charge < -0.3 is 9.84 Å². The lowest BCUT2D eigenvalue weighted by molar-refractivity contribution is -0.139. The molecular formula is C22H21Cl2NO4. The van der Waals surface area contributed by atoms with Gasteiger partial charge in [0.25, 0.3) is 5.91 Å². The number of hydrogen-bond donors (Lipinski definition) is 1. The van der Waals surface area contributed by atoms with Crippen LogP contribution in [0.15, 0.2) is 36.4 Å². The number of carboxylic acids is 1. The number of rotatable bonds is 6. The first-order chi connectivity index (χ1) is 13.8. The van der Waals surface area contributed by atoms with Crippen LogP contribution in [0.5, 0.6) is 5.75 Å². The Bertz CT molecular complexity index is 1090. The third kappa shape index (κ3) is 3.85. The van der Waals surface area contributed by atoms with E-state index in [2.05, 4.69) is 0 Å². The largest absolute Gasteiger partial charge is 0.495 e. The Morgan fingerprint density at radius 2 is 1.83 bits per heavy atom. The van der Waals surface area contributed by atoms with Crippen LogP contribution in [0.25, 0.3) is 10.9 Å². The van der Waals surface area contributed by atoms with Crippen molar-refractivity contribution in [1.82, 2.24) is 4.57 Å². The monoisotopic (exact) mass is 433 g/mol. The van der Waals surface area contributed by atoms with Gasteiger partial charge in [0.1, 0.15) is 5.75 Å². The summed E-state index contributed by atoms with van der Waals surface area (Å²) in [5.74, 6) is -1.52. The number of methoxy groups -OCH3 is 1. The minimum atomic E-state index is -0.929. The third-order valence-electron chi connectivity index (χ3n) is 5.04. The molecule has 1 unspecified atom stereocenters. The summed E-state index contributed by atoms with van der Waals surface area (Å²) in [6.45, 7) is 3.69. The highest BCUT2D eigenvalue weighted by atomic mass is 35.5. The molecule has 2 aromatic carbocycles. The molecule has 3 aromatic rings. The molecule has 0 spiro atoms. The molecule has 0 amide bonds. The van der Waals surface area contributed by atoms with Crippen LogP contribution in [0.2, 0.25) is 10.0 Å². The Labute approximate surface area is 178 Å². The van der Waals surface area contributed by atoms with E-state index in [-0.39, 0.29) is 5.91 Å². The number of carboxylic acid groups (broad SMARTS) is 1. The molecule has 7 heteroatoms. The number of carbonyl (C=O) groups is 2. The summed E-state index contributed by atoms with van der Waals surface area (Å²) >= 11 is 12.3. The fourth-order valence-electron chi connectivity index (χ4n) is 3.70. The van der Waals surface area contributed by atoms with Gasteiger partial charge >= 0.3 is 5.97 Å². The van der Waals surface area contributed by atoms with Crippen LogP contribution < -0.4 is 4.74 Å². The highest BCUT2D eigenvalue weighted by Gasteiger charge is 2.29. The van der Waals surface area contributed by atoms with Crippen LogP contribution in [0.3, 0.4) is 0 Å². The molecule has 152 valence electrons. The number of aliphatic carboxylic acids is 1. The van der Waals surface area contributed by atoms with Gasteiger partial charge in [-0.2, -0.15) is 0 Å². The van der Waals surface area contributed by atoms with Crippen molar-refractivity contribution >= 4 is 46.0 Å². The van der Waals surface area contributed by atoms with Crippen molar-refractivity contribution in [3.63, 3.8) is 0 Å². The van der Waals surface area contributed by atoms with Gasteiger partial charge in [-0.1, -0.05) is 36.5 Å². The maximum atomic E-state index is 13.3. The Balaban J connectivity index is 2.33. The molecule has 1 aromatic heterocycles. The van der Waals surface area contributed by atoms with E-state index in [0.29, 0.717) is 56.4 Å². The van der Waals surface area contributed by atoms with Crippen molar-refractivity contribution in [2.45, 2.75) is 32.6 Å². The Hall–Kier alpha value is -2.50. The van der Waals surface area contributed by atoms with E-state index >= 15 is 0 Å².